The zero-order valence-electron chi connectivity index (χ0n) is 17.4. The second-order valence-electron chi connectivity index (χ2n) is 7.37. The summed E-state index contributed by atoms with van der Waals surface area (Å²) in [5, 5.41) is 0. The van der Waals surface area contributed by atoms with Crippen molar-refractivity contribution < 1.29 is 27.4 Å². The van der Waals surface area contributed by atoms with E-state index in [0.717, 1.165) is 39.3 Å². The molecule has 1 aromatic rings. The van der Waals surface area contributed by atoms with Crippen LogP contribution in [0.2, 0.25) is 0 Å². The number of rotatable bonds is 9. The summed E-state index contributed by atoms with van der Waals surface area (Å²) >= 11 is 0. The average Bonchev–Trinajstić information content (AvgIpc) is 2.78. The number of hydrogen-bond donors (Lipinski definition) is 1. The van der Waals surface area contributed by atoms with Gasteiger partial charge in [0.05, 0.1) is 31.3 Å². The van der Waals surface area contributed by atoms with Crippen molar-refractivity contribution in [2.45, 2.75) is 24.3 Å². The lowest BCUT2D eigenvalue weighted by Crippen LogP contribution is -2.46. The van der Waals surface area contributed by atoms with Crippen molar-refractivity contribution in [3.05, 3.63) is 24.3 Å². The highest BCUT2D eigenvalue weighted by molar-refractivity contribution is 7.89. The quantitative estimate of drug-likeness (QED) is 0.551. The number of carbonyl (C=O) groups excluding carboxylic acids is 1. The van der Waals surface area contributed by atoms with E-state index in [4.69, 9.17) is 14.2 Å². The van der Waals surface area contributed by atoms with Crippen LogP contribution >= 0.6 is 0 Å². The van der Waals surface area contributed by atoms with Crippen molar-refractivity contribution >= 4 is 15.9 Å². The van der Waals surface area contributed by atoms with Gasteiger partial charge in [0.1, 0.15) is 5.75 Å². The molecule has 0 aromatic heterocycles. The van der Waals surface area contributed by atoms with Gasteiger partial charge in [-0.25, -0.2) is 13.1 Å². The fourth-order valence-electron chi connectivity index (χ4n) is 3.41. The Morgan fingerprint density at radius 1 is 1.07 bits per heavy atom. The van der Waals surface area contributed by atoms with Gasteiger partial charge in [-0.15, -0.1) is 0 Å². The Morgan fingerprint density at radius 3 is 2.30 bits per heavy atom. The molecule has 0 unspecified atom stereocenters. The van der Waals surface area contributed by atoms with E-state index >= 15 is 0 Å². The normalized spacial score (nSPS) is 19.4. The minimum atomic E-state index is -3.58. The van der Waals surface area contributed by atoms with Crippen LogP contribution in [0, 0.1) is 0 Å². The van der Waals surface area contributed by atoms with Crippen LogP contribution in [-0.2, 0) is 24.3 Å². The SMILES string of the molecule is C[C@@H](Oc1ccc(S(=O)(=O)NCCCN2CCOCC2)cc1)C(=O)N1CCOCC1. The number of nitrogens with one attached hydrogen (secondary N) is 1. The molecule has 0 aliphatic carbocycles. The monoisotopic (exact) mass is 441 g/mol. The zero-order valence-corrected chi connectivity index (χ0v) is 18.2. The third-order valence-corrected chi connectivity index (χ3v) is 6.64. The first-order chi connectivity index (χ1) is 14.5. The van der Waals surface area contributed by atoms with E-state index in [1.165, 1.54) is 12.1 Å². The molecule has 2 aliphatic rings. The fraction of sp³-hybridized carbons (Fsp3) is 0.650. The topological polar surface area (TPSA) is 97.4 Å². The van der Waals surface area contributed by atoms with E-state index in [-0.39, 0.29) is 10.8 Å². The number of benzene rings is 1. The van der Waals surface area contributed by atoms with Gasteiger partial charge in [-0.3, -0.25) is 9.69 Å². The van der Waals surface area contributed by atoms with Crippen molar-refractivity contribution in [3.8, 4) is 5.75 Å². The third-order valence-electron chi connectivity index (χ3n) is 5.16. The molecule has 0 spiro atoms. The molecular weight excluding hydrogens is 410 g/mol. The molecule has 1 atom stereocenters. The molecule has 9 nitrogen and oxygen atoms in total. The van der Waals surface area contributed by atoms with Gasteiger partial charge in [0.25, 0.3) is 5.91 Å². The minimum absolute atomic E-state index is 0.100. The number of sulfonamides is 1. The lowest BCUT2D eigenvalue weighted by Gasteiger charge is -2.29. The highest BCUT2D eigenvalue weighted by Crippen LogP contribution is 2.18. The third kappa shape index (κ3) is 6.64. The predicted octanol–water partition coefficient (Wildman–Crippen LogP) is 0.313. The largest absolute Gasteiger partial charge is 0.481 e. The van der Waals surface area contributed by atoms with Crippen LogP contribution in [0.25, 0.3) is 0 Å². The van der Waals surface area contributed by atoms with E-state index in [0.29, 0.717) is 38.6 Å². The van der Waals surface area contributed by atoms with Gasteiger partial charge in [-0.05, 0) is 44.2 Å². The maximum Gasteiger partial charge on any atom is 0.263 e. The summed E-state index contributed by atoms with van der Waals surface area (Å²) in [5.41, 5.74) is 0. The van der Waals surface area contributed by atoms with Crippen LogP contribution in [0.5, 0.6) is 5.75 Å². The van der Waals surface area contributed by atoms with Gasteiger partial charge in [0.15, 0.2) is 6.10 Å². The molecule has 168 valence electrons. The number of morpholine rings is 2. The smallest absolute Gasteiger partial charge is 0.263 e. The summed E-state index contributed by atoms with van der Waals surface area (Å²) in [6.45, 7) is 8.33. The molecule has 2 fully saturated rings. The number of nitrogens with zero attached hydrogens (tertiary/aromatic N) is 2. The van der Waals surface area contributed by atoms with Crippen molar-refractivity contribution in [2.75, 3.05) is 65.7 Å². The van der Waals surface area contributed by atoms with E-state index in [1.54, 1.807) is 24.0 Å². The van der Waals surface area contributed by atoms with Crippen molar-refractivity contribution in [2.24, 2.45) is 0 Å². The highest BCUT2D eigenvalue weighted by Gasteiger charge is 2.24. The maximum atomic E-state index is 12.5. The Morgan fingerprint density at radius 2 is 1.67 bits per heavy atom. The second-order valence-corrected chi connectivity index (χ2v) is 9.14. The van der Waals surface area contributed by atoms with Gasteiger partial charge in [0.2, 0.25) is 10.0 Å². The second kappa shape index (κ2) is 11.1. The first-order valence-corrected chi connectivity index (χ1v) is 11.9. The van der Waals surface area contributed by atoms with E-state index in [2.05, 4.69) is 9.62 Å². The molecule has 2 heterocycles. The lowest BCUT2D eigenvalue weighted by molar-refractivity contribution is -0.142. The first-order valence-electron chi connectivity index (χ1n) is 10.4. The van der Waals surface area contributed by atoms with E-state index in [9.17, 15) is 13.2 Å². The molecule has 0 saturated carbocycles. The Bertz CT molecular complexity index is 774. The van der Waals surface area contributed by atoms with E-state index < -0.39 is 16.1 Å². The highest BCUT2D eigenvalue weighted by atomic mass is 32.2. The first kappa shape index (κ1) is 23.0. The standard InChI is InChI=1S/C20H31N3O6S/c1-17(20(24)23-11-15-28-16-12-23)29-18-3-5-19(6-4-18)30(25,26)21-7-2-8-22-9-13-27-14-10-22/h3-6,17,21H,2,7-16H2,1H3/t17-/m1/s1. The van der Waals surface area contributed by atoms with Crippen LogP contribution in [0.3, 0.4) is 0 Å². The van der Waals surface area contributed by atoms with Gasteiger partial charge < -0.3 is 19.1 Å². The molecule has 3 rings (SSSR count). The summed E-state index contributed by atoms with van der Waals surface area (Å²) in [6, 6.07) is 6.13. The van der Waals surface area contributed by atoms with Gasteiger partial charge in [0, 0.05) is 32.7 Å². The number of carbonyl (C=O) groups is 1. The molecule has 0 bridgehead atoms. The summed E-state index contributed by atoms with van der Waals surface area (Å²) < 4.78 is 43.8. The predicted molar refractivity (Wildman–Crippen MR) is 111 cm³/mol. The number of hydrogen-bond acceptors (Lipinski definition) is 7. The molecule has 1 aromatic carbocycles. The van der Waals surface area contributed by atoms with Crippen LogP contribution in [0.4, 0.5) is 0 Å². The molecule has 1 N–H and O–H groups in total. The Hall–Kier alpha value is -1.72. The Kier molecular flexibility index (Phi) is 8.46. The van der Waals surface area contributed by atoms with Crippen molar-refractivity contribution in [1.82, 2.24) is 14.5 Å². The molecule has 2 saturated heterocycles. The molecule has 2 aliphatic heterocycles. The van der Waals surface area contributed by atoms with Gasteiger partial charge in [-0.1, -0.05) is 0 Å². The number of amides is 1. The summed E-state index contributed by atoms with van der Waals surface area (Å²) in [7, 11) is -3.58. The average molecular weight is 442 g/mol. The van der Waals surface area contributed by atoms with Crippen molar-refractivity contribution in [1.29, 1.82) is 0 Å². The zero-order chi connectivity index (χ0) is 21.4. The molecule has 30 heavy (non-hydrogen) atoms. The summed E-state index contributed by atoms with van der Waals surface area (Å²) in [4.78, 5) is 16.6. The Labute approximate surface area is 178 Å². The molecular formula is C20H31N3O6S. The molecule has 10 heteroatoms. The van der Waals surface area contributed by atoms with Crippen LogP contribution in [0.15, 0.2) is 29.2 Å². The Balaban J connectivity index is 1.45. The summed E-state index contributed by atoms with van der Waals surface area (Å²) in [5.74, 6) is 0.354. The summed E-state index contributed by atoms with van der Waals surface area (Å²) in [6.07, 6.45) is 0.0885. The molecule has 0 radical (unpaired) electrons. The van der Waals surface area contributed by atoms with Crippen LogP contribution in [0.1, 0.15) is 13.3 Å². The minimum Gasteiger partial charge on any atom is -0.481 e. The van der Waals surface area contributed by atoms with Crippen LogP contribution < -0.4 is 9.46 Å². The van der Waals surface area contributed by atoms with Crippen molar-refractivity contribution in [3.63, 3.8) is 0 Å². The number of ether oxygens (including phenoxy) is 3. The van der Waals surface area contributed by atoms with E-state index in [1.807, 2.05) is 0 Å². The maximum absolute atomic E-state index is 12.5. The molecule has 1 amide bonds. The fourth-order valence-corrected chi connectivity index (χ4v) is 4.48. The lowest BCUT2D eigenvalue weighted by atomic mass is 10.3. The van der Waals surface area contributed by atoms with Gasteiger partial charge >= 0.3 is 0 Å². The van der Waals surface area contributed by atoms with Gasteiger partial charge in [-0.2, -0.15) is 0 Å². The van der Waals surface area contributed by atoms with Crippen LogP contribution in [-0.4, -0.2) is 95.9 Å².